The van der Waals surface area contributed by atoms with Gasteiger partial charge in [0.25, 0.3) is 5.91 Å². The number of amides is 1. The molecule has 2 aromatic heterocycles. The van der Waals surface area contributed by atoms with Crippen LogP contribution in [-0.2, 0) is 0 Å². The van der Waals surface area contributed by atoms with Crippen LogP contribution in [0, 0.1) is 6.20 Å². The molecule has 1 amide bonds. The second-order valence-electron chi connectivity index (χ2n) is 3.69. The Labute approximate surface area is 102 Å². The van der Waals surface area contributed by atoms with Crippen molar-refractivity contribution >= 4 is 16.9 Å². The normalized spacial score (nSPS) is 10.7. The van der Waals surface area contributed by atoms with Crippen LogP contribution in [0.15, 0.2) is 30.3 Å². The zero-order valence-electron chi connectivity index (χ0n) is 9.21. The number of aromatic nitrogens is 4. The lowest BCUT2D eigenvalue weighted by Gasteiger charge is -2.02. The first-order valence-corrected chi connectivity index (χ1v) is 5.25. The molecule has 0 bridgehead atoms. The van der Waals surface area contributed by atoms with Gasteiger partial charge in [0, 0.05) is 5.56 Å². The lowest BCUT2D eigenvalue weighted by molar-refractivity contribution is 0.0997. The molecule has 3 aromatic rings. The minimum absolute atomic E-state index is 0.118. The van der Waals surface area contributed by atoms with E-state index in [0.717, 1.165) is 5.56 Å². The van der Waals surface area contributed by atoms with Crippen LogP contribution < -0.4 is 5.73 Å². The Kier molecular flexibility index (Phi) is 2.26. The third-order valence-corrected chi connectivity index (χ3v) is 2.50. The van der Waals surface area contributed by atoms with Gasteiger partial charge in [0.2, 0.25) is 0 Å². The number of nitrogens with two attached hydrogens (primary N) is 1. The SMILES string of the molecule is NC(=O)c1nc(-c2ccccc2)nc2[nH]n[c]c12. The van der Waals surface area contributed by atoms with Gasteiger partial charge in [0.15, 0.2) is 11.5 Å². The van der Waals surface area contributed by atoms with Crippen LogP contribution >= 0.6 is 0 Å². The van der Waals surface area contributed by atoms with Gasteiger partial charge in [-0.05, 0) is 0 Å². The molecule has 1 aromatic carbocycles. The van der Waals surface area contributed by atoms with Gasteiger partial charge in [-0.25, -0.2) is 9.97 Å². The second-order valence-corrected chi connectivity index (χ2v) is 3.69. The predicted octanol–water partition coefficient (Wildman–Crippen LogP) is 0.919. The fraction of sp³-hybridized carbons (Fsp3) is 0. The molecule has 2 heterocycles. The number of benzene rings is 1. The highest BCUT2D eigenvalue weighted by molar-refractivity contribution is 6.02. The molecular formula is C12H8N5O. The third kappa shape index (κ3) is 1.60. The molecule has 18 heavy (non-hydrogen) atoms. The summed E-state index contributed by atoms with van der Waals surface area (Å²) in [5.41, 5.74) is 6.66. The maximum atomic E-state index is 11.4. The number of hydrogen-bond acceptors (Lipinski definition) is 4. The van der Waals surface area contributed by atoms with Crippen molar-refractivity contribution in [1.29, 1.82) is 0 Å². The highest BCUT2D eigenvalue weighted by atomic mass is 16.1. The summed E-state index contributed by atoms with van der Waals surface area (Å²) in [6.07, 6.45) is 2.62. The first-order valence-electron chi connectivity index (χ1n) is 5.25. The second kappa shape index (κ2) is 3.92. The summed E-state index contributed by atoms with van der Waals surface area (Å²) in [5.74, 6) is -0.202. The van der Waals surface area contributed by atoms with E-state index in [4.69, 9.17) is 5.73 Å². The van der Waals surface area contributed by atoms with Gasteiger partial charge in [-0.1, -0.05) is 30.3 Å². The van der Waals surface area contributed by atoms with Crippen molar-refractivity contribution < 1.29 is 4.79 Å². The first-order chi connectivity index (χ1) is 8.75. The molecule has 0 atom stereocenters. The molecule has 0 unspecified atom stereocenters. The van der Waals surface area contributed by atoms with Crippen molar-refractivity contribution in [1.82, 2.24) is 20.2 Å². The third-order valence-electron chi connectivity index (χ3n) is 2.50. The van der Waals surface area contributed by atoms with E-state index in [2.05, 4.69) is 26.4 Å². The Balaban J connectivity index is 2.29. The van der Waals surface area contributed by atoms with Gasteiger partial charge in [0.05, 0.1) is 5.39 Å². The summed E-state index contributed by atoms with van der Waals surface area (Å²) >= 11 is 0. The molecule has 0 aliphatic rings. The van der Waals surface area contributed by atoms with Crippen molar-refractivity contribution in [2.75, 3.05) is 0 Å². The molecule has 87 valence electrons. The molecule has 6 heteroatoms. The van der Waals surface area contributed by atoms with Gasteiger partial charge in [0.1, 0.15) is 11.9 Å². The van der Waals surface area contributed by atoms with E-state index in [1.807, 2.05) is 30.3 Å². The molecule has 0 aliphatic heterocycles. The van der Waals surface area contributed by atoms with Crippen LogP contribution in [0.1, 0.15) is 10.5 Å². The maximum absolute atomic E-state index is 11.4. The van der Waals surface area contributed by atoms with Gasteiger partial charge >= 0.3 is 0 Å². The van der Waals surface area contributed by atoms with Crippen molar-refractivity contribution in [2.45, 2.75) is 0 Å². The van der Waals surface area contributed by atoms with Crippen molar-refractivity contribution in [3.8, 4) is 11.4 Å². The summed E-state index contributed by atoms with van der Waals surface area (Å²) in [4.78, 5) is 19.8. The minimum Gasteiger partial charge on any atom is -0.364 e. The monoisotopic (exact) mass is 238 g/mol. The number of carbonyl (C=O) groups is 1. The number of nitrogens with one attached hydrogen (secondary N) is 1. The number of H-pyrrole nitrogens is 1. The molecule has 0 saturated carbocycles. The van der Waals surface area contributed by atoms with E-state index in [1.165, 1.54) is 0 Å². The molecule has 3 N–H and O–H groups in total. The van der Waals surface area contributed by atoms with Crippen LogP contribution in [-0.4, -0.2) is 26.1 Å². The number of primary amides is 1. The predicted molar refractivity (Wildman–Crippen MR) is 64.5 cm³/mol. The summed E-state index contributed by atoms with van der Waals surface area (Å²) < 4.78 is 0. The van der Waals surface area contributed by atoms with E-state index in [0.29, 0.717) is 16.9 Å². The number of nitrogens with zero attached hydrogens (tertiary/aromatic N) is 3. The Morgan fingerprint density at radius 2 is 2.00 bits per heavy atom. The van der Waals surface area contributed by atoms with Crippen LogP contribution in [0.4, 0.5) is 0 Å². The highest BCUT2D eigenvalue weighted by Crippen LogP contribution is 2.19. The van der Waals surface area contributed by atoms with Crippen molar-refractivity contribution in [2.24, 2.45) is 5.73 Å². The highest BCUT2D eigenvalue weighted by Gasteiger charge is 2.14. The Hall–Kier alpha value is -2.76. The van der Waals surface area contributed by atoms with Gasteiger partial charge in [-0.3, -0.25) is 9.89 Å². The average molecular weight is 238 g/mol. The zero-order valence-corrected chi connectivity index (χ0v) is 9.21. The summed E-state index contributed by atoms with van der Waals surface area (Å²) in [6.45, 7) is 0. The average Bonchev–Trinajstić information content (AvgIpc) is 2.86. The van der Waals surface area contributed by atoms with E-state index in [1.54, 1.807) is 0 Å². The van der Waals surface area contributed by atoms with Gasteiger partial charge in [-0.2, -0.15) is 5.10 Å². The summed E-state index contributed by atoms with van der Waals surface area (Å²) in [6, 6.07) is 9.33. The molecule has 6 nitrogen and oxygen atoms in total. The minimum atomic E-state index is -0.628. The van der Waals surface area contributed by atoms with Crippen molar-refractivity contribution in [3.05, 3.63) is 42.2 Å². The first kappa shape index (κ1) is 10.4. The van der Waals surface area contributed by atoms with E-state index in [-0.39, 0.29) is 5.69 Å². The quantitative estimate of drug-likeness (QED) is 0.693. The Bertz CT molecular complexity index is 720. The molecule has 1 radical (unpaired) electrons. The Morgan fingerprint density at radius 1 is 1.22 bits per heavy atom. The van der Waals surface area contributed by atoms with Crippen molar-refractivity contribution in [3.63, 3.8) is 0 Å². The molecule has 0 saturated heterocycles. The number of fused-ring (bicyclic) bond motifs is 1. The number of carbonyl (C=O) groups excluding carboxylic acids is 1. The van der Waals surface area contributed by atoms with E-state index >= 15 is 0 Å². The van der Waals surface area contributed by atoms with Crippen LogP contribution in [0.5, 0.6) is 0 Å². The summed E-state index contributed by atoms with van der Waals surface area (Å²) in [7, 11) is 0. The lowest BCUT2D eigenvalue weighted by atomic mass is 10.2. The van der Waals surface area contributed by atoms with E-state index < -0.39 is 5.91 Å². The Morgan fingerprint density at radius 3 is 2.72 bits per heavy atom. The number of aromatic amines is 1. The maximum Gasteiger partial charge on any atom is 0.268 e. The van der Waals surface area contributed by atoms with Gasteiger partial charge < -0.3 is 5.73 Å². The molecule has 0 fully saturated rings. The lowest BCUT2D eigenvalue weighted by Crippen LogP contribution is -2.14. The fourth-order valence-electron chi connectivity index (χ4n) is 1.68. The molecule has 0 spiro atoms. The molecule has 3 rings (SSSR count). The smallest absolute Gasteiger partial charge is 0.268 e. The van der Waals surface area contributed by atoms with E-state index in [9.17, 15) is 4.79 Å². The number of rotatable bonds is 2. The summed E-state index contributed by atoms with van der Waals surface area (Å²) in [5, 5.41) is 6.78. The van der Waals surface area contributed by atoms with Crippen LogP contribution in [0.3, 0.4) is 0 Å². The molecular weight excluding hydrogens is 230 g/mol. The van der Waals surface area contributed by atoms with Gasteiger partial charge in [-0.15, -0.1) is 0 Å². The van der Waals surface area contributed by atoms with Crippen LogP contribution in [0.25, 0.3) is 22.4 Å². The largest absolute Gasteiger partial charge is 0.364 e. The number of hydrogen-bond donors (Lipinski definition) is 2. The molecule has 0 aliphatic carbocycles. The topological polar surface area (TPSA) is 97.5 Å². The fourth-order valence-corrected chi connectivity index (χ4v) is 1.68. The standard InChI is InChI=1S/C12H8N5O/c13-10(18)9-8-6-14-17-12(8)16-11(15-9)7-4-2-1-3-5-7/h1-5H,(H2,13,18)(H,14,15,16,17). The van der Waals surface area contributed by atoms with Crippen LogP contribution in [0.2, 0.25) is 0 Å². The zero-order chi connectivity index (χ0) is 12.5.